The van der Waals surface area contributed by atoms with Gasteiger partial charge < -0.3 is 15.0 Å². The molecule has 0 saturated carbocycles. The van der Waals surface area contributed by atoms with Gasteiger partial charge in [-0.25, -0.2) is 9.18 Å². The number of rotatable bonds is 7. The Bertz CT molecular complexity index is 572. The van der Waals surface area contributed by atoms with Gasteiger partial charge in [0.1, 0.15) is 18.2 Å². The van der Waals surface area contributed by atoms with Gasteiger partial charge in [0.2, 0.25) is 0 Å². The average Bonchev–Trinajstić information content (AvgIpc) is 3.02. The molecular formula is C16H19FN2O2S. The van der Waals surface area contributed by atoms with E-state index in [1.165, 1.54) is 17.0 Å². The highest BCUT2D eigenvalue weighted by atomic mass is 32.1. The van der Waals surface area contributed by atoms with Crippen LogP contribution in [-0.2, 0) is 6.42 Å². The molecule has 0 atom stereocenters. The number of amides is 2. The summed E-state index contributed by atoms with van der Waals surface area (Å²) in [6.07, 6.45) is 0.837. The normalized spacial score (nSPS) is 10.3. The minimum atomic E-state index is -0.297. The maximum absolute atomic E-state index is 12.7. The van der Waals surface area contributed by atoms with Crippen LogP contribution in [-0.4, -0.2) is 37.7 Å². The van der Waals surface area contributed by atoms with E-state index in [0.717, 1.165) is 6.42 Å². The Labute approximate surface area is 133 Å². The molecule has 22 heavy (non-hydrogen) atoms. The Balaban J connectivity index is 1.62. The van der Waals surface area contributed by atoms with Crippen LogP contribution >= 0.6 is 11.3 Å². The lowest BCUT2D eigenvalue weighted by Gasteiger charge is -2.18. The van der Waals surface area contributed by atoms with Crippen molar-refractivity contribution in [2.45, 2.75) is 6.42 Å². The van der Waals surface area contributed by atoms with E-state index in [2.05, 4.69) is 11.4 Å². The van der Waals surface area contributed by atoms with Gasteiger partial charge in [-0.2, -0.15) is 0 Å². The van der Waals surface area contributed by atoms with Crippen molar-refractivity contribution < 1.29 is 13.9 Å². The number of carbonyl (C=O) groups is 1. The Morgan fingerprint density at radius 1 is 1.32 bits per heavy atom. The summed E-state index contributed by atoms with van der Waals surface area (Å²) in [5.41, 5.74) is 0. The van der Waals surface area contributed by atoms with Crippen molar-refractivity contribution in [3.05, 3.63) is 52.5 Å². The van der Waals surface area contributed by atoms with Gasteiger partial charge in [-0.1, -0.05) is 6.07 Å². The summed E-state index contributed by atoms with van der Waals surface area (Å²) in [4.78, 5) is 14.7. The zero-order valence-electron chi connectivity index (χ0n) is 12.4. The maximum Gasteiger partial charge on any atom is 0.317 e. The predicted octanol–water partition coefficient (Wildman–Crippen LogP) is 3.15. The first-order chi connectivity index (χ1) is 10.6. The van der Waals surface area contributed by atoms with Crippen LogP contribution in [0.15, 0.2) is 41.8 Å². The van der Waals surface area contributed by atoms with Crippen LogP contribution in [0, 0.1) is 5.82 Å². The van der Waals surface area contributed by atoms with E-state index >= 15 is 0 Å². The van der Waals surface area contributed by atoms with Gasteiger partial charge in [-0.3, -0.25) is 0 Å². The quantitative estimate of drug-likeness (QED) is 0.851. The highest BCUT2D eigenvalue weighted by Gasteiger charge is 2.07. The lowest BCUT2D eigenvalue weighted by atomic mass is 10.3. The van der Waals surface area contributed by atoms with Gasteiger partial charge in [0.15, 0.2) is 0 Å². The van der Waals surface area contributed by atoms with Crippen LogP contribution in [0.5, 0.6) is 5.75 Å². The smallest absolute Gasteiger partial charge is 0.317 e. The summed E-state index contributed by atoms with van der Waals surface area (Å²) in [6.45, 7) is 1.44. The summed E-state index contributed by atoms with van der Waals surface area (Å²) in [7, 11) is 1.72. The lowest BCUT2D eigenvalue weighted by Crippen LogP contribution is -2.40. The molecule has 0 aliphatic carbocycles. The molecule has 118 valence electrons. The number of halogens is 1. The molecular weight excluding hydrogens is 303 g/mol. The molecule has 1 aromatic carbocycles. The molecule has 0 saturated heterocycles. The van der Waals surface area contributed by atoms with Crippen LogP contribution in [0.3, 0.4) is 0 Å². The van der Waals surface area contributed by atoms with Crippen LogP contribution < -0.4 is 10.1 Å². The van der Waals surface area contributed by atoms with E-state index in [0.29, 0.717) is 25.4 Å². The number of ether oxygens (including phenoxy) is 1. The van der Waals surface area contributed by atoms with Crippen LogP contribution in [0.25, 0.3) is 0 Å². The standard InChI is InChI=1S/C16H19FN2O2S/c1-19(10-11-21-14-6-4-13(17)5-7-14)16(20)18-9-8-15-3-2-12-22-15/h2-7,12H,8-11H2,1H3,(H,18,20). The number of hydrogen-bond donors (Lipinski definition) is 1. The molecule has 0 spiro atoms. The summed E-state index contributed by atoms with van der Waals surface area (Å²) in [6, 6.07) is 9.75. The van der Waals surface area contributed by atoms with Crippen LogP contribution in [0.2, 0.25) is 0 Å². The minimum absolute atomic E-state index is 0.126. The summed E-state index contributed by atoms with van der Waals surface area (Å²) < 4.78 is 18.2. The van der Waals surface area contributed by atoms with E-state index in [1.54, 1.807) is 35.4 Å². The number of urea groups is 1. The molecule has 0 fully saturated rings. The number of likely N-dealkylation sites (N-methyl/N-ethyl adjacent to an activating group) is 1. The molecule has 2 amide bonds. The van der Waals surface area contributed by atoms with Gasteiger partial charge in [0.25, 0.3) is 0 Å². The first-order valence-electron chi connectivity index (χ1n) is 7.05. The number of nitrogens with zero attached hydrogens (tertiary/aromatic N) is 1. The molecule has 0 radical (unpaired) electrons. The monoisotopic (exact) mass is 322 g/mol. The van der Waals surface area contributed by atoms with Crippen molar-refractivity contribution in [1.29, 1.82) is 0 Å². The summed E-state index contributed by atoms with van der Waals surface area (Å²) in [5.74, 6) is 0.294. The SMILES string of the molecule is CN(CCOc1ccc(F)cc1)C(=O)NCCc1cccs1. The van der Waals surface area contributed by atoms with Gasteiger partial charge in [-0.15, -0.1) is 11.3 Å². The minimum Gasteiger partial charge on any atom is -0.492 e. The fourth-order valence-electron chi connectivity index (χ4n) is 1.82. The molecule has 0 bridgehead atoms. The first-order valence-corrected chi connectivity index (χ1v) is 7.93. The molecule has 0 aliphatic rings. The zero-order chi connectivity index (χ0) is 15.8. The maximum atomic E-state index is 12.7. The summed E-state index contributed by atoms with van der Waals surface area (Å²) >= 11 is 1.68. The van der Waals surface area contributed by atoms with E-state index in [9.17, 15) is 9.18 Å². The van der Waals surface area contributed by atoms with E-state index < -0.39 is 0 Å². The van der Waals surface area contributed by atoms with Gasteiger partial charge in [0.05, 0.1) is 6.54 Å². The lowest BCUT2D eigenvalue weighted by molar-refractivity contribution is 0.195. The van der Waals surface area contributed by atoms with Crippen molar-refractivity contribution >= 4 is 17.4 Å². The zero-order valence-corrected chi connectivity index (χ0v) is 13.2. The molecule has 1 aromatic heterocycles. The molecule has 2 rings (SSSR count). The number of carbonyl (C=O) groups excluding carboxylic acids is 1. The number of thiophene rings is 1. The molecule has 1 N–H and O–H groups in total. The van der Waals surface area contributed by atoms with Gasteiger partial charge >= 0.3 is 6.03 Å². The third kappa shape index (κ3) is 5.37. The van der Waals surface area contributed by atoms with E-state index in [1.807, 2.05) is 11.4 Å². The second-order valence-corrected chi connectivity index (χ2v) is 5.82. The first kappa shape index (κ1) is 16.3. The Hall–Kier alpha value is -2.08. The fraction of sp³-hybridized carbons (Fsp3) is 0.312. The number of nitrogens with one attached hydrogen (secondary N) is 1. The topological polar surface area (TPSA) is 41.6 Å². The van der Waals surface area contributed by atoms with E-state index in [-0.39, 0.29) is 11.8 Å². The second-order valence-electron chi connectivity index (χ2n) is 4.79. The van der Waals surface area contributed by atoms with Gasteiger partial charge in [0, 0.05) is 18.5 Å². The third-order valence-electron chi connectivity index (χ3n) is 3.08. The number of hydrogen-bond acceptors (Lipinski definition) is 3. The van der Waals surface area contributed by atoms with Crippen molar-refractivity contribution in [2.24, 2.45) is 0 Å². The third-order valence-corrected chi connectivity index (χ3v) is 4.02. The molecule has 4 nitrogen and oxygen atoms in total. The second kappa shape index (κ2) is 8.38. The molecule has 6 heteroatoms. The summed E-state index contributed by atoms with van der Waals surface area (Å²) in [5, 5.41) is 4.89. The molecule has 0 aliphatic heterocycles. The Morgan fingerprint density at radius 2 is 2.09 bits per heavy atom. The largest absolute Gasteiger partial charge is 0.492 e. The predicted molar refractivity (Wildman–Crippen MR) is 85.9 cm³/mol. The molecule has 0 unspecified atom stereocenters. The van der Waals surface area contributed by atoms with Crippen molar-refractivity contribution in [1.82, 2.24) is 10.2 Å². The van der Waals surface area contributed by atoms with Gasteiger partial charge in [-0.05, 0) is 42.1 Å². The Morgan fingerprint density at radius 3 is 2.77 bits per heavy atom. The number of benzene rings is 1. The van der Waals surface area contributed by atoms with Crippen molar-refractivity contribution in [2.75, 3.05) is 26.7 Å². The highest BCUT2D eigenvalue weighted by Crippen LogP contribution is 2.11. The van der Waals surface area contributed by atoms with Crippen molar-refractivity contribution in [3.63, 3.8) is 0 Å². The van der Waals surface area contributed by atoms with E-state index in [4.69, 9.17) is 4.74 Å². The average molecular weight is 322 g/mol. The molecule has 2 aromatic rings. The fourth-order valence-corrected chi connectivity index (χ4v) is 2.52. The van der Waals surface area contributed by atoms with Crippen LogP contribution in [0.1, 0.15) is 4.88 Å². The Kier molecular flexibility index (Phi) is 6.21. The molecule has 1 heterocycles. The van der Waals surface area contributed by atoms with Crippen LogP contribution in [0.4, 0.5) is 9.18 Å². The van der Waals surface area contributed by atoms with Crippen molar-refractivity contribution in [3.8, 4) is 5.75 Å². The highest BCUT2D eigenvalue weighted by molar-refractivity contribution is 7.09.